The number of fused-ring (bicyclic) bond motifs is 1. The van der Waals surface area contributed by atoms with Crippen LogP contribution in [-0.2, 0) is 14.6 Å². The topological polar surface area (TPSA) is 107 Å². The first-order valence-corrected chi connectivity index (χ1v) is 9.75. The monoisotopic (exact) mass is 374 g/mol. The van der Waals surface area contributed by atoms with Gasteiger partial charge >= 0.3 is 0 Å². The van der Waals surface area contributed by atoms with Gasteiger partial charge in [0.25, 0.3) is 11.8 Å². The number of anilines is 1. The zero-order valence-electron chi connectivity index (χ0n) is 14.3. The average Bonchev–Trinajstić information content (AvgIpc) is 2.59. The van der Waals surface area contributed by atoms with E-state index in [0.29, 0.717) is 17.0 Å². The largest absolute Gasteiger partial charge is 0.477 e. The average molecular weight is 374 g/mol. The molecule has 0 spiro atoms. The Hall–Kier alpha value is -2.87. The fourth-order valence-corrected chi connectivity index (χ4v) is 3.43. The number of carbonyl (C=O) groups excluding carboxylic acids is 2. The third-order valence-corrected chi connectivity index (χ3v) is 5.31. The van der Waals surface area contributed by atoms with Crippen LogP contribution in [-0.4, -0.2) is 39.1 Å². The lowest BCUT2D eigenvalue weighted by atomic mass is 10.1. The predicted octanol–water partition coefficient (Wildman–Crippen LogP) is 1.29. The van der Waals surface area contributed by atoms with E-state index in [1.807, 2.05) is 0 Å². The fourth-order valence-electron chi connectivity index (χ4n) is 2.78. The molecule has 0 saturated carbocycles. The minimum absolute atomic E-state index is 0.0479. The first kappa shape index (κ1) is 17.9. The van der Waals surface area contributed by atoms with Crippen molar-refractivity contribution >= 4 is 27.3 Å². The molecule has 0 fully saturated rings. The Kier molecular flexibility index (Phi) is 4.45. The van der Waals surface area contributed by atoms with Crippen molar-refractivity contribution in [2.75, 3.05) is 17.7 Å². The van der Waals surface area contributed by atoms with Crippen LogP contribution in [0.3, 0.4) is 0 Å². The molecule has 3 rings (SSSR count). The highest BCUT2D eigenvalue weighted by Gasteiger charge is 2.33. The van der Waals surface area contributed by atoms with Crippen LogP contribution in [0.15, 0.2) is 47.4 Å². The minimum atomic E-state index is -3.46. The number of para-hydroxylation sites is 2. The van der Waals surface area contributed by atoms with E-state index in [-0.39, 0.29) is 17.0 Å². The summed E-state index contributed by atoms with van der Waals surface area (Å²) in [5.41, 5.74) is 6.72. The highest BCUT2D eigenvalue weighted by atomic mass is 32.2. The van der Waals surface area contributed by atoms with E-state index in [0.717, 1.165) is 6.26 Å². The van der Waals surface area contributed by atoms with E-state index in [9.17, 15) is 18.0 Å². The van der Waals surface area contributed by atoms with Crippen LogP contribution in [0.25, 0.3) is 0 Å². The van der Waals surface area contributed by atoms with Gasteiger partial charge in [0, 0.05) is 11.8 Å². The summed E-state index contributed by atoms with van der Waals surface area (Å²) in [6, 6.07) is 11.2. The lowest BCUT2D eigenvalue weighted by molar-refractivity contribution is -0.124. The smallest absolute Gasteiger partial charge is 0.260 e. The Morgan fingerprint density at radius 1 is 1.19 bits per heavy atom. The number of nitrogens with zero attached hydrogens (tertiary/aromatic N) is 1. The zero-order chi connectivity index (χ0) is 19.1. The highest BCUT2D eigenvalue weighted by Crippen LogP contribution is 2.34. The molecule has 0 saturated heterocycles. The molecule has 1 aliphatic rings. The van der Waals surface area contributed by atoms with Crippen molar-refractivity contribution in [2.45, 2.75) is 17.9 Å². The number of benzene rings is 2. The summed E-state index contributed by atoms with van der Waals surface area (Å²) in [7, 11) is -3.46. The van der Waals surface area contributed by atoms with Gasteiger partial charge in [0.15, 0.2) is 15.9 Å². The van der Waals surface area contributed by atoms with Gasteiger partial charge in [-0.2, -0.15) is 0 Å². The van der Waals surface area contributed by atoms with Crippen LogP contribution < -0.4 is 15.4 Å². The number of nitrogens with two attached hydrogens (primary N) is 1. The molecule has 0 bridgehead atoms. The Balaban J connectivity index is 2.08. The molecule has 1 heterocycles. The van der Waals surface area contributed by atoms with E-state index >= 15 is 0 Å². The first-order valence-electron chi connectivity index (χ1n) is 7.86. The summed E-state index contributed by atoms with van der Waals surface area (Å²) in [4.78, 5) is 26.2. The maximum absolute atomic E-state index is 13.2. The number of aryl methyl sites for hydroxylation is 1. The predicted molar refractivity (Wildman–Crippen MR) is 96.0 cm³/mol. The normalized spacial score (nSPS) is 16.5. The van der Waals surface area contributed by atoms with Crippen LogP contribution in [0, 0.1) is 6.92 Å². The second kappa shape index (κ2) is 6.45. The molecule has 2 N–H and O–H groups in total. The van der Waals surface area contributed by atoms with Gasteiger partial charge in [-0.25, -0.2) is 8.42 Å². The number of ether oxygens (including phenoxy) is 1. The van der Waals surface area contributed by atoms with Gasteiger partial charge < -0.3 is 15.4 Å². The van der Waals surface area contributed by atoms with Crippen molar-refractivity contribution in [2.24, 2.45) is 5.73 Å². The molecule has 1 atom stereocenters. The van der Waals surface area contributed by atoms with Crippen molar-refractivity contribution in [3.63, 3.8) is 0 Å². The maximum Gasteiger partial charge on any atom is 0.260 e. The second-order valence-electron chi connectivity index (χ2n) is 6.14. The number of amides is 2. The number of hydrogen-bond acceptors (Lipinski definition) is 5. The summed E-state index contributed by atoms with van der Waals surface area (Å²) >= 11 is 0. The molecular weight excluding hydrogens is 356 g/mol. The fraction of sp³-hybridized carbons (Fsp3) is 0.222. The van der Waals surface area contributed by atoms with E-state index < -0.39 is 27.8 Å². The number of rotatable bonds is 3. The molecule has 2 aromatic rings. The number of hydrogen-bond donors (Lipinski definition) is 1. The summed E-state index contributed by atoms with van der Waals surface area (Å²) in [6.45, 7) is 1.67. The molecule has 7 nitrogen and oxygen atoms in total. The molecule has 8 heteroatoms. The van der Waals surface area contributed by atoms with Crippen LogP contribution in [0.1, 0.15) is 15.9 Å². The SMILES string of the molecule is Cc1ccc(S(C)(=O)=O)cc1C(=O)N1CC(C(N)=O)Oc2ccccc21. The molecule has 1 aliphatic heterocycles. The third kappa shape index (κ3) is 3.28. The summed E-state index contributed by atoms with van der Waals surface area (Å²) < 4.78 is 29.2. The minimum Gasteiger partial charge on any atom is -0.477 e. The van der Waals surface area contributed by atoms with E-state index in [1.165, 1.54) is 17.0 Å². The van der Waals surface area contributed by atoms with Gasteiger partial charge in [0.2, 0.25) is 0 Å². The standard InChI is InChI=1S/C18H18N2O5S/c1-11-7-8-12(26(2,23)24)9-13(11)18(22)20-10-16(17(19)21)25-15-6-4-3-5-14(15)20/h3-9,16H,10H2,1-2H3,(H2,19,21). The Bertz CT molecular complexity index is 1000. The number of carbonyl (C=O) groups is 2. The first-order chi connectivity index (χ1) is 12.2. The molecule has 1 unspecified atom stereocenters. The highest BCUT2D eigenvalue weighted by molar-refractivity contribution is 7.90. The summed E-state index contributed by atoms with van der Waals surface area (Å²) in [6.07, 6.45) is 0.103. The Labute approximate surface area is 151 Å². The van der Waals surface area contributed by atoms with Gasteiger partial charge in [-0.15, -0.1) is 0 Å². The van der Waals surface area contributed by atoms with Crippen molar-refractivity contribution in [1.82, 2.24) is 0 Å². The molecule has 26 heavy (non-hydrogen) atoms. The van der Waals surface area contributed by atoms with E-state index in [4.69, 9.17) is 10.5 Å². The summed E-state index contributed by atoms with van der Waals surface area (Å²) in [5.74, 6) is -0.735. The van der Waals surface area contributed by atoms with E-state index in [1.54, 1.807) is 37.3 Å². The molecule has 2 amide bonds. The molecule has 2 aromatic carbocycles. The molecule has 136 valence electrons. The number of primary amides is 1. The van der Waals surface area contributed by atoms with Crippen molar-refractivity contribution < 1.29 is 22.7 Å². The van der Waals surface area contributed by atoms with Crippen LogP contribution in [0.4, 0.5) is 5.69 Å². The third-order valence-electron chi connectivity index (χ3n) is 4.20. The Morgan fingerprint density at radius 2 is 1.88 bits per heavy atom. The lowest BCUT2D eigenvalue weighted by Crippen LogP contribution is -2.49. The lowest BCUT2D eigenvalue weighted by Gasteiger charge is -2.33. The summed E-state index contributed by atoms with van der Waals surface area (Å²) in [5, 5.41) is 0. The van der Waals surface area contributed by atoms with Crippen LogP contribution in [0.5, 0.6) is 5.75 Å². The van der Waals surface area contributed by atoms with Crippen LogP contribution >= 0.6 is 0 Å². The van der Waals surface area contributed by atoms with Gasteiger partial charge in [0.05, 0.1) is 17.1 Å². The molecule has 0 aliphatic carbocycles. The maximum atomic E-state index is 13.2. The zero-order valence-corrected chi connectivity index (χ0v) is 15.1. The van der Waals surface area contributed by atoms with Crippen molar-refractivity contribution in [1.29, 1.82) is 0 Å². The molecular formula is C18H18N2O5S. The van der Waals surface area contributed by atoms with Gasteiger partial charge in [0.1, 0.15) is 5.75 Å². The number of sulfone groups is 1. The van der Waals surface area contributed by atoms with Crippen molar-refractivity contribution in [3.8, 4) is 5.75 Å². The van der Waals surface area contributed by atoms with Crippen LogP contribution in [0.2, 0.25) is 0 Å². The molecule has 0 aromatic heterocycles. The second-order valence-corrected chi connectivity index (χ2v) is 8.16. The Morgan fingerprint density at radius 3 is 2.54 bits per heavy atom. The van der Waals surface area contributed by atoms with Crippen molar-refractivity contribution in [3.05, 3.63) is 53.6 Å². The molecule has 0 radical (unpaired) electrons. The van der Waals surface area contributed by atoms with Gasteiger partial charge in [-0.3, -0.25) is 9.59 Å². The van der Waals surface area contributed by atoms with Gasteiger partial charge in [-0.05, 0) is 36.8 Å². The quantitative estimate of drug-likeness (QED) is 0.871. The van der Waals surface area contributed by atoms with Gasteiger partial charge in [-0.1, -0.05) is 18.2 Å². The van der Waals surface area contributed by atoms with E-state index in [2.05, 4.69) is 0 Å².